The number of phenolic OH excluding ortho intramolecular Hbond substituents is 1. The molecule has 0 bridgehead atoms. The number of hydrogen-bond donors (Lipinski definition) is 1. The van der Waals surface area contributed by atoms with E-state index >= 15 is 0 Å². The minimum atomic E-state index is -0.750. The molecule has 84 valence electrons. The van der Waals surface area contributed by atoms with Gasteiger partial charge in [0.25, 0.3) is 5.71 Å². The Labute approximate surface area is 92.2 Å². The van der Waals surface area contributed by atoms with Gasteiger partial charge in [-0.25, -0.2) is 4.79 Å². The van der Waals surface area contributed by atoms with Crippen molar-refractivity contribution in [2.45, 2.75) is 19.6 Å². The third-order valence-electron chi connectivity index (χ3n) is 2.42. The lowest BCUT2D eigenvalue weighted by atomic mass is 10.1. The van der Waals surface area contributed by atoms with Gasteiger partial charge in [0, 0.05) is 6.92 Å². The number of aromatic hydroxyl groups is 1. The van der Waals surface area contributed by atoms with E-state index in [1.54, 1.807) is 12.1 Å². The van der Waals surface area contributed by atoms with Crippen LogP contribution in [0.15, 0.2) is 24.3 Å². The van der Waals surface area contributed by atoms with E-state index in [-0.39, 0.29) is 17.9 Å². The number of hydroxylamine groups is 1. The molecule has 0 amide bonds. The van der Waals surface area contributed by atoms with Crippen LogP contribution < -0.4 is 0 Å². The van der Waals surface area contributed by atoms with Crippen LogP contribution in [0.2, 0.25) is 0 Å². The van der Waals surface area contributed by atoms with E-state index in [4.69, 9.17) is 9.84 Å². The molecule has 16 heavy (non-hydrogen) atoms. The van der Waals surface area contributed by atoms with Gasteiger partial charge in [-0.3, -0.25) is 0 Å². The summed E-state index contributed by atoms with van der Waals surface area (Å²) in [5.41, 5.74) is 0.873. The second-order valence-corrected chi connectivity index (χ2v) is 3.62. The van der Waals surface area contributed by atoms with Crippen molar-refractivity contribution in [3.8, 4) is 5.75 Å². The largest absolute Gasteiger partial charge is 0.621 e. The molecule has 0 fully saturated rings. The van der Waals surface area contributed by atoms with Gasteiger partial charge < -0.3 is 15.1 Å². The van der Waals surface area contributed by atoms with E-state index in [0.29, 0.717) is 4.74 Å². The fraction of sp³-hybridized carbons (Fsp3) is 0.273. The van der Waals surface area contributed by atoms with Crippen LogP contribution in [0.3, 0.4) is 0 Å². The summed E-state index contributed by atoms with van der Waals surface area (Å²) >= 11 is 0. The number of hydrogen-bond acceptors (Lipinski definition) is 4. The highest BCUT2D eigenvalue weighted by molar-refractivity contribution is 6.35. The molecule has 0 aromatic heterocycles. The molecule has 0 saturated heterocycles. The number of benzene rings is 1. The first-order valence-electron chi connectivity index (χ1n) is 4.89. The molecule has 1 N–H and O–H groups in total. The lowest BCUT2D eigenvalue weighted by molar-refractivity contribution is -0.529. The Morgan fingerprint density at radius 2 is 2.06 bits per heavy atom. The minimum absolute atomic E-state index is 0.0955. The van der Waals surface area contributed by atoms with Gasteiger partial charge in [0.1, 0.15) is 5.75 Å². The predicted molar refractivity (Wildman–Crippen MR) is 56.0 cm³/mol. The molecule has 1 aromatic rings. The zero-order valence-electron chi connectivity index (χ0n) is 8.71. The molecular formula is C11H11NO4. The lowest BCUT2D eigenvalue weighted by Crippen LogP contribution is -2.19. The molecule has 5 nitrogen and oxygen atoms in total. The van der Waals surface area contributed by atoms with Crippen molar-refractivity contribution in [2.75, 3.05) is 0 Å². The summed E-state index contributed by atoms with van der Waals surface area (Å²) in [5.74, 6) is -0.425. The van der Waals surface area contributed by atoms with Gasteiger partial charge in [0.2, 0.25) is 0 Å². The highest BCUT2D eigenvalue weighted by Gasteiger charge is 2.35. The van der Waals surface area contributed by atoms with E-state index in [1.807, 2.05) is 0 Å². The molecular weight excluding hydrogens is 210 g/mol. The Hall–Kier alpha value is -2.04. The predicted octanol–water partition coefficient (Wildman–Crippen LogP) is 0.789. The maximum absolute atomic E-state index is 11.5. The molecule has 1 aromatic carbocycles. The standard InChI is InChI=1S/C11H11NO4/c1-7-12(15)10(11(14)16-7)6-8-2-4-9(13)5-3-8/h2-5,7,13H,6H2,1H3. The Balaban J connectivity index is 2.22. The lowest BCUT2D eigenvalue weighted by Gasteiger charge is -2.03. The zero-order valence-corrected chi connectivity index (χ0v) is 8.71. The van der Waals surface area contributed by atoms with Crippen molar-refractivity contribution in [3.63, 3.8) is 0 Å². The first-order valence-corrected chi connectivity index (χ1v) is 4.89. The number of nitrogens with zero attached hydrogens (tertiary/aromatic N) is 1. The van der Waals surface area contributed by atoms with Gasteiger partial charge in [-0.2, -0.15) is 4.74 Å². The Morgan fingerprint density at radius 1 is 1.44 bits per heavy atom. The second-order valence-electron chi connectivity index (χ2n) is 3.62. The smallest absolute Gasteiger partial charge is 0.405 e. The fourth-order valence-electron chi connectivity index (χ4n) is 1.54. The van der Waals surface area contributed by atoms with Crippen molar-refractivity contribution < 1.29 is 19.4 Å². The molecule has 1 unspecified atom stereocenters. The Kier molecular flexibility index (Phi) is 2.52. The monoisotopic (exact) mass is 221 g/mol. The molecule has 1 aliphatic heterocycles. The van der Waals surface area contributed by atoms with Crippen molar-refractivity contribution in [3.05, 3.63) is 35.0 Å². The molecule has 0 spiro atoms. The van der Waals surface area contributed by atoms with Crippen LogP contribution in [0.4, 0.5) is 0 Å². The number of cyclic esters (lactones) is 1. The summed E-state index contributed by atoms with van der Waals surface area (Å²) in [4.78, 5) is 11.3. The van der Waals surface area contributed by atoms with E-state index in [9.17, 15) is 10.0 Å². The summed E-state index contributed by atoms with van der Waals surface area (Å²) in [7, 11) is 0. The number of ether oxygens (including phenoxy) is 1. The second kappa shape index (κ2) is 3.84. The number of carbonyl (C=O) groups excluding carboxylic acids is 1. The van der Waals surface area contributed by atoms with Gasteiger partial charge in [-0.1, -0.05) is 12.1 Å². The van der Waals surface area contributed by atoms with E-state index in [0.717, 1.165) is 5.56 Å². The summed E-state index contributed by atoms with van der Waals surface area (Å²) in [6, 6.07) is 6.34. The van der Waals surface area contributed by atoms with Crippen LogP contribution in [-0.4, -0.2) is 27.8 Å². The number of esters is 1. The van der Waals surface area contributed by atoms with Crippen molar-refractivity contribution in [1.29, 1.82) is 0 Å². The molecule has 1 atom stereocenters. The Bertz CT molecular complexity index is 450. The highest BCUT2D eigenvalue weighted by Crippen LogP contribution is 2.13. The molecule has 5 heteroatoms. The van der Waals surface area contributed by atoms with Crippen molar-refractivity contribution >= 4 is 11.7 Å². The quantitative estimate of drug-likeness (QED) is 0.455. The number of phenols is 1. The normalized spacial score (nSPS) is 20.1. The molecule has 0 radical (unpaired) electrons. The van der Waals surface area contributed by atoms with E-state index in [2.05, 4.69) is 0 Å². The van der Waals surface area contributed by atoms with E-state index < -0.39 is 12.2 Å². The highest BCUT2D eigenvalue weighted by atomic mass is 16.6. The first kappa shape index (κ1) is 10.5. The minimum Gasteiger partial charge on any atom is -0.621 e. The zero-order chi connectivity index (χ0) is 11.7. The Morgan fingerprint density at radius 3 is 2.56 bits per heavy atom. The van der Waals surface area contributed by atoms with Crippen molar-refractivity contribution in [2.24, 2.45) is 0 Å². The van der Waals surface area contributed by atoms with Crippen LogP contribution >= 0.6 is 0 Å². The number of carbonyl (C=O) groups is 1. The molecule has 1 heterocycles. The van der Waals surface area contributed by atoms with Crippen LogP contribution in [0.1, 0.15) is 12.5 Å². The average molecular weight is 221 g/mol. The van der Waals surface area contributed by atoms with Crippen LogP contribution in [-0.2, 0) is 16.0 Å². The van der Waals surface area contributed by atoms with Crippen LogP contribution in [0.25, 0.3) is 0 Å². The van der Waals surface area contributed by atoms with Gasteiger partial charge in [0.15, 0.2) is 0 Å². The molecule has 0 aliphatic carbocycles. The van der Waals surface area contributed by atoms with Gasteiger partial charge in [-0.05, 0) is 17.7 Å². The maximum atomic E-state index is 11.5. The SMILES string of the molecule is CC1OC(=O)C(Cc2ccc(O)cc2)=[N+]1[O-]. The van der Waals surface area contributed by atoms with E-state index in [1.165, 1.54) is 19.1 Å². The maximum Gasteiger partial charge on any atom is 0.405 e. The summed E-state index contributed by atoms with van der Waals surface area (Å²) in [5, 5.41) is 20.6. The van der Waals surface area contributed by atoms with Gasteiger partial charge in [0.05, 0.1) is 6.42 Å². The average Bonchev–Trinajstić information content (AvgIpc) is 2.48. The third-order valence-corrected chi connectivity index (χ3v) is 2.42. The molecule has 2 rings (SSSR count). The summed E-state index contributed by atoms with van der Waals surface area (Å²) in [6.07, 6.45) is -0.535. The molecule has 0 saturated carbocycles. The fourth-order valence-corrected chi connectivity index (χ4v) is 1.54. The first-order chi connectivity index (χ1) is 7.58. The van der Waals surface area contributed by atoms with Crippen LogP contribution in [0, 0.1) is 5.21 Å². The van der Waals surface area contributed by atoms with Crippen molar-refractivity contribution in [1.82, 2.24) is 0 Å². The summed E-state index contributed by atoms with van der Waals surface area (Å²) in [6.45, 7) is 1.52. The number of rotatable bonds is 2. The van der Waals surface area contributed by atoms with Gasteiger partial charge >= 0.3 is 12.2 Å². The summed E-state index contributed by atoms with van der Waals surface area (Å²) < 4.78 is 5.35. The third kappa shape index (κ3) is 1.84. The van der Waals surface area contributed by atoms with Crippen LogP contribution in [0.5, 0.6) is 5.75 Å². The topological polar surface area (TPSA) is 72.6 Å². The molecule has 1 aliphatic rings. The van der Waals surface area contributed by atoms with Gasteiger partial charge in [-0.15, -0.1) is 0 Å².